The van der Waals surface area contributed by atoms with Crippen molar-refractivity contribution in [3.63, 3.8) is 0 Å². The van der Waals surface area contributed by atoms with E-state index in [0.717, 1.165) is 25.5 Å². The van der Waals surface area contributed by atoms with E-state index >= 15 is 0 Å². The largest absolute Gasteiger partial charge is 0.466 e. The predicted molar refractivity (Wildman–Crippen MR) is 85.0 cm³/mol. The molecule has 1 unspecified atom stereocenters. The Morgan fingerprint density at radius 3 is 2.80 bits per heavy atom. The van der Waals surface area contributed by atoms with Gasteiger partial charge in [0.2, 0.25) is 0 Å². The molecule has 1 aromatic carbocycles. The lowest BCUT2D eigenvalue weighted by Gasteiger charge is -2.12. The zero-order chi connectivity index (χ0) is 14.7. The number of aromatic nitrogens is 1. The number of thiazole rings is 1. The maximum Gasteiger partial charge on any atom is 0.313 e. The lowest BCUT2D eigenvalue weighted by molar-refractivity contribution is -0.144. The first-order valence-electron chi connectivity index (χ1n) is 6.41. The third kappa shape index (κ3) is 3.27. The highest BCUT2D eigenvalue weighted by molar-refractivity contribution is 9.11. The van der Waals surface area contributed by atoms with E-state index in [1.165, 1.54) is 0 Å². The highest BCUT2D eigenvalue weighted by atomic mass is 79.9. The van der Waals surface area contributed by atoms with Gasteiger partial charge in [-0.3, -0.25) is 4.79 Å². The molecule has 106 valence electrons. The fourth-order valence-electron chi connectivity index (χ4n) is 1.98. The Hall–Kier alpha value is -1.20. The van der Waals surface area contributed by atoms with Crippen LogP contribution in [0.15, 0.2) is 28.2 Å². The lowest BCUT2D eigenvalue weighted by atomic mass is 9.97. The Balaban J connectivity index is 2.28. The fourth-order valence-corrected chi connectivity index (χ4v) is 3.28. The number of rotatable bonds is 4. The molecular formula is C15H16BrNO2S. The molecular weight excluding hydrogens is 338 g/mol. The van der Waals surface area contributed by atoms with E-state index in [1.54, 1.807) is 17.5 Å². The third-order valence-electron chi connectivity index (χ3n) is 3.10. The number of nitrogens with zero attached hydrogens (tertiary/aromatic N) is 1. The number of hydrogen-bond donors (Lipinski definition) is 0. The minimum atomic E-state index is -0.245. The summed E-state index contributed by atoms with van der Waals surface area (Å²) in [7, 11) is 0. The number of hydrogen-bond acceptors (Lipinski definition) is 4. The van der Waals surface area contributed by atoms with Crippen LogP contribution >= 0.6 is 27.3 Å². The summed E-state index contributed by atoms with van der Waals surface area (Å²) in [6.45, 7) is 6.13. The smallest absolute Gasteiger partial charge is 0.313 e. The summed E-state index contributed by atoms with van der Waals surface area (Å²) in [6, 6.07) is 6.02. The van der Waals surface area contributed by atoms with E-state index in [9.17, 15) is 4.79 Å². The molecule has 0 N–H and O–H groups in total. The molecule has 0 aliphatic carbocycles. The number of carbonyl (C=O) groups excluding carboxylic acids is 1. The summed E-state index contributed by atoms with van der Waals surface area (Å²) >= 11 is 5.02. The van der Waals surface area contributed by atoms with E-state index in [4.69, 9.17) is 4.74 Å². The van der Waals surface area contributed by atoms with Crippen molar-refractivity contribution in [3.05, 3.63) is 39.3 Å². The summed E-state index contributed by atoms with van der Waals surface area (Å²) in [4.78, 5) is 16.1. The summed E-state index contributed by atoms with van der Waals surface area (Å²) < 4.78 is 6.07. The molecule has 0 fully saturated rings. The first-order chi connectivity index (χ1) is 9.52. The second kappa shape index (κ2) is 6.50. The number of benzene rings is 1. The fraction of sp³-hybridized carbons (Fsp3) is 0.333. The number of halogens is 1. The van der Waals surface area contributed by atoms with Crippen LogP contribution in [0, 0.1) is 6.92 Å². The van der Waals surface area contributed by atoms with Crippen molar-refractivity contribution >= 4 is 33.2 Å². The van der Waals surface area contributed by atoms with Gasteiger partial charge in [0.05, 0.1) is 22.5 Å². The zero-order valence-corrected chi connectivity index (χ0v) is 14.0. The Morgan fingerprint density at radius 1 is 1.50 bits per heavy atom. The summed E-state index contributed by atoms with van der Waals surface area (Å²) in [5.41, 5.74) is 3.18. The van der Waals surface area contributed by atoms with Crippen molar-refractivity contribution in [3.8, 4) is 10.6 Å². The highest BCUT2D eigenvalue weighted by Crippen LogP contribution is 2.32. The van der Waals surface area contributed by atoms with Gasteiger partial charge in [-0.1, -0.05) is 18.2 Å². The van der Waals surface area contributed by atoms with Crippen LogP contribution in [0.25, 0.3) is 10.6 Å². The minimum absolute atomic E-state index is 0.184. The van der Waals surface area contributed by atoms with Gasteiger partial charge in [-0.05, 0) is 47.8 Å². The Morgan fingerprint density at radius 2 is 2.25 bits per heavy atom. The van der Waals surface area contributed by atoms with Crippen molar-refractivity contribution in [1.82, 2.24) is 4.98 Å². The van der Waals surface area contributed by atoms with Crippen molar-refractivity contribution in [1.29, 1.82) is 0 Å². The molecule has 1 atom stereocenters. The molecule has 0 amide bonds. The van der Waals surface area contributed by atoms with E-state index in [0.29, 0.717) is 6.61 Å². The Kier molecular flexibility index (Phi) is 4.94. The van der Waals surface area contributed by atoms with Gasteiger partial charge in [-0.25, -0.2) is 4.98 Å². The molecule has 2 rings (SSSR count). The topological polar surface area (TPSA) is 39.2 Å². The molecule has 0 spiro atoms. The van der Waals surface area contributed by atoms with Crippen LogP contribution in [0.2, 0.25) is 0 Å². The first-order valence-corrected chi connectivity index (χ1v) is 8.02. The number of carbonyl (C=O) groups is 1. The SMILES string of the molecule is CCOC(=O)C(C)c1ccc(-c2ncc(Br)s2)c(C)c1. The lowest BCUT2D eigenvalue weighted by Crippen LogP contribution is -2.13. The average molecular weight is 354 g/mol. The van der Waals surface area contributed by atoms with Crippen LogP contribution in [0.4, 0.5) is 0 Å². The molecule has 2 aromatic rings. The van der Waals surface area contributed by atoms with Gasteiger partial charge >= 0.3 is 5.97 Å². The average Bonchev–Trinajstić information content (AvgIpc) is 2.84. The van der Waals surface area contributed by atoms with Crippen LogP contribution in [-0.2, 0) is 9.53 Å². The third-order valence-corrected chi connectivity index (χ3v) is 4.61. The van der Waals surface area contributed by atoms with Gasteiger partial charge in [0.25, 0.3) is 0 Å². The van der Waals surface area contributed by atoms with E-state index in [2.05, 4.69) is 20.9 Å². The summed E-state index contributed by atoms with van der Waals surface area (Å²) in [6.07, 6.45) is 1.80. The predicted octanol–water partition coefficient (Wildman–Crippen LogP) is 4.55. The standard InChI is InChI=1S/C15H16BrNO2S/c1-4-19-15(18)10(3)11-5-6-12(9(2)7-11)14-17-8-13(16)20-14/h5-8,10H,4H2,1-3H3. The molecule has 1 heterocycles. The number of esters is 1. The van der Waals surface area contributed by atoms with Gasteiger partial charge in [0, 0.05) is 5.56 Å². The normalized spacial score (nSPS) is 12.2. The molecule has 0 saturated carbocycles. The van der Waals surface area contributed by atoms with E-state index in [-0.39, 0.29) is 11.9 Å². The Bertz CT molecular complexity index is 624. The molecule has 20 heavy (non-hydrogen) atoms. The monoisotopic (exact) mass is 353 g/mol. The van der Waals surface area contributed by atoms with Gasteiger partial charge in [0.1, 0.15) is 5.01 Å². The molecule has 0 aliphatic heterocycles. The molecule has 0 bridgehead atoms. The van der Waals surface area contributed by atoms with Crippen molar-refractivity contribution in [2.45, 2.75) is 26.7 Å². The van der Waals surface area contributed by atoms with Crippen LogP contribution in [0.1, 0.15) is 30.9 Å². The molecule has 0 saturated heterocycles. The maximum atomic E-state index is 11.8. The van der Waals surface area contributed by atoms with E-state index < -0.39 is 0 Å². The zero-order valence-electron chi connectivity index (χ0n) is 11.6. The maximum absolute atomic E-state index is 11.8. The van der Waals surface area contributed by atoms with Crippen LogP contribution in [0.5, 0.6) is 0 Å². The van der Waals surface area contributed by atoms with Crippen molar-refractivity contribution in [2.24, 2.45) is 0 Å². The molecule has 0 radical (unpaired) electrons. The second-order valence-corrected chi connectivity index (χ2v) is 6.93. The van der Waals surface area contributed by atoms with Crippen molar-refractivity contribution in [2.75, 3.05) is 6.61 Å². The minimum Gasteiger partial charge on any atom is -0.466 e. The molecule has 1 aromatic heterocycles. The van der Waals surface area contributed by atoms with Gasteiger partial charge in [-0.15, -0.1) is 11.3 Å². The summed E-state index contributed by atoms with van der Waals surface area (Å²) in [5, 5.41) is 0.977. The van der Waals surface area contributed by atoms with Crippen LogP contribution in [0.3, 0.4) is 0 Å². The molecule has 5 heteroatoms. The Labute approximate surface area is 131 Å². The first kappa shape index (κ1) is 15.2. The van der Waals surface area contributed by atoms with Crippen molar-refractivity contribution < 1.29 is 9.53 Å². The van der Waals surface area contributed by atoms with Gasteiger partial charge < -0.3 is 4.74 Å². The second-order valence-electron chi connectivity index (χ2n) is 4.52. The van der Waals surface area contributed by atoms with Gasteiger partial charge in [0.15, 0.2) is 0 Å². The van der Waals surface area contributed by atoms with Crippen LogP contribution in [-0.4, -0.2) is 17.6 Å². The number of aryl methyl sites for hydroxylation is 1. The van der Waals surface area contributed by atoms with Crippen LogP contribution < -0.4 is 0 Å². The number of ether oxygens (including phenoxy) is 1. The quantitative estimate of drug-likeness (QED) is 0.757. The molecule has 0 aliphatic rings. The van der Waals surface area contributed by atoms with E-state index in [1.807, 2.05) is 39.0 Å². The molecule has 3 nitrogen and oxygen atoms in total. The highest BCUT2D eigenvalue weighted by Gasteiger charge is 2.17. The summed E-state index contributed by atoms with van der Waals surface area (Å²) in [5.74, 6) is -0.428. The van der Waals surface area contributed by atoms with Gasteiger partial charge in [-0.2, -0.15) is 0 Å².